The molecule has 94 valence electrons. The molecule has 3 rings (SSSR count). The Morgan fingerprint density at radius 2 is 2.00 bits per heavy atom. The molecule has 1 N–H and O–H groups in total. The molecule has 1 aliphatic rings. The maximum atomic E-state index is 11.0. The molecule has 0 radical (unpaired) electrons. The van der Waals surface area contributed by atoms with Crippen LogP contribution in [0.1, 0.15) is 5.56 Å². The molecule has 5 heteroatoms. The van der Waals surface area contributed by atoms with Gasteiger partial charge >= 0.3 is 0 Å². The number of amidine groups is 1. The van der Waals surface area contributed by atoms with Crippen LogP contribution >= 0.6 is 11.8 Å². The van der Waals surface area contributed by atoms with Gasteiger partial charge in [-0.05, 0) is 10.8 Å². The molecular formula is C14H11N3OS. The number of hydrogen-bond donors (Lipinski definition) is 1. The standard InChI is InChI=1S/C14H11N3OS/c18-13-9-19-14(16-13)17-15-8-11-6-3-5-10-4-1-2-7-12(10)11/h1-8H,9H2,(H,16,17,18)/b15-8+. The van der Waals surface area contributed by atoms with Gasteiger partial charge in [0, 0.05) is 5.56 Å². The first kappa shape index (κ1) is 11.9. The van der Waals surface area contributed by atoms with Crippen LogP contribution in [0.2, 0.25) is 0 Å². The van der Waals surface area contributed by atoms with Crippen molar-refractivity contribution in [3.8, 4) is 0 Å². The smallest absolute Gasteiger partial charge is 0.236 e. The largest absolute Gasteiger partial charge is 0.303 e. The van der Waals surface area contributed by atoms with Crippen LogP contribution in [0.25, 0.3) is 10.8 Å². The van der Waals surface area contributed by atoms with Crippen molar-refractivity contribution < 1.29 is 4.79 Å². The molecule has 0 bridgehead atoms. The van der Waals surface area contributed by atoms with Crippen LogP contribution < -0.4 is 5.32 Å². The van der Waals surface area contributed by atoms with Crippen molar-refractivity contribution in [1.82, 2.24) is 5.32 Å². The van der Waals surface area contributed by atoms with Gasteiger partial charge in [-0.25, -0.2) is 0 Å². The third kappa shape index (κ3) is 2.66. The number of fused-ring (bicyclic) bond motifs is 1. The van der Waals surface area contributed by atoms with E-state index in [1.807, 2.05) is 24.3 Å². The topological polar surface area (TPSA) is 53.8 Å². The Labute approximate surface area is 114 Å². The molecule has 0 unspecified atom stereocenters. The summed E-state index contributed by atoms with van der Waals surface area (Å²) in [7, 11) is 0. The van der Waals surface area contributed by atoms with Crippen molar-refractivity contribution >= 4 is 39.8 Å². The van der Waals surface area contributed by atoms with Gasteiger partial charge in [0.25, 0.3) is 0 Å². The Morgan fingerprint density at radius 1 is 1.16 bits per heavy atom. The summed E-state index contributed by atoms with van der Waals surface area (Å²) in [5, 5.41) is 13.5. The summed E-state index contributed by atoms with van der Waals surface area (Å²) >= 11 is 1.36. The maximum Gasteiger partial charge on any atom is 0.236 e. The number of amides is 1. The van der Waals surface area contributed by atoms with E-state index in [1.54, 1.807) is 6.21 Å². The van der Waals surface area contributed by atoms with Gasteiger partial charge in [-0.15, -0.1) is 5.10 Å². The fourth-order valence-corrected chi connectivity index (χ4v) is 2.52. The minimum atomic E-state index is -0.0240. The zero-order valence-electron chi connectivity index (χ0n) is 10.0. The molecule has 2 aromatic rings. The van der Waals surface area contributed by atoms with Gasteiger partial charge in [0.2, 0.25) is 5.91 Å². The molecule has 0 aliphatic carbocycles. The van der Waals surface area contributed by atoms with Crippen molar-refractivity contribution in [2.45, 2.75) is 0 Å². The molecule has 1 amide bonds. The van der Waals surface area contributed by atoms with Crippen LogP contribution in [0.3, 0.4) is 0 Å². The number of carbonyl (C=O) groups excluding carboxylic acids is 1. The molecule has 0 saturated carbocycles. The molecule has 1 saturated heterocycles. The van der Waals surface area contributed by atoms with E-state index in [0.29, 0.717) is 10.9 Å². The lowest BCUT2D eigenvalue weighted by atomic mass is 10.1. The van der Waals surface area contributed by atoms with E-state index in [1.165, 1.54) is 17.1 Å². The summed E-state index contributed by atoms with van der Waals surface area (Å²) in [4.78, 5) is 11.0. The first-order valence-corrected chi connectivity index (χ1v) is 6.83. The predicted octanol–water partition coefficient (Wildman–Crippen LogP) is 2.39. The molecule has 1 fully saturated rings. The molecule has 0 spiro atoms. The van der Waals surface area contributed by atoms with Gasteiger partial charge in [0.1, 0.15) is 0 Å². The Bertz CT molecular complexity index is 689. The summed E-state index contributed by atoms with van der Waals surface area (Å²) < 4.78 is 0. The Morgan fingerprint density at radius 3 is 2.84 bits per heavy atom. The number of thioether (sulfide) groups is 1. The Balaban J connectivity index is 1.87. The minimum absolute atomic E-state index is 0.0240. The fraction of sp³-hybridized carbons (Fsp3) is 0.0714. The summed E-state index contributed by atoms with van der Waals surface area (Å²) in [5.41, 5.74) is 1.01. The highest BCUT2D eigenvalue weighted by atomic mass is 32.2. The molecule has 0 atom stereocenters. The summed E-state index contributed by atoms with van der Waals surface area (Å²) in [6, 6.07) is 14.2. The lowest BCUT2D eigenvalue weighted by Gasteiger charge is -2.00. The average Bonchev–Trinajstić information content (AvgIpc) is 2.85. The highest BCUT2D eigenvalue weighted by Crippen LogP contribution is 2.17. The molecular weight excluding hydrogens is 258 g/mol. The van der Waals surface area contributed by atoms with Crippen molar-refractivity contribution in [3.05, 3.63) is 48.0 Å². The van der Waals surface area contributed by atoms with Crippen molar-refractivity contribution in [2.75, 3.05) is 5.75 Å². The molecule has 1 heterocycles. The first-order valence-electron chi connectivity index (χ1n) is 5.84. The van der Waals surface area contributed by atoms with Crippen LogP contribution in [0.4, 0.5) is 0 Å². The third-order valence-electron chi connectivity index (χ3n) is 2.76. The van der Waals surface area contributed by atoms with Gasteiger partial charge < -0.3 is 5.32 Å². The number of nitrogens with zero attached hydrogens (tertiary/aromatic N) is 2. The highest BCUT2D eigenvalue weighted by molar-refractivity contribution is 8.15. The molecule has 2 aromatic carbocycles. The zero-order chi connectivity index (χ0) is 13.1. The van der Waals surface area contributed by atoms with Gasteiger partial charge in [0.05, 0.1) is 12.0 Å². The highest BCUT2D eigenvalue weighted by Gasteiger charge is 2.15. The second kappa shape index (κ2) is 5.24. The Kier molecular flexibility index (Phi) is 3.29. The van der Waals surface area contributed by atoms with Crippen LogP contribution in [0, 0.1) is 0 Å². The van der Waals surface area contributed by atoms with Gasteiger partial charge in [-0.1, -0.05) is 54.2 Å². The van der Waals surface area contributed by atoms with Crippen LogP contribution in [0.5, 0.6) is 0 Å². The number of nitrogens with one attached hydrogen (secondary N) is 1. The summed E-state index contributed by atoms with van der Waals surface area (Å²) in [6.07, 6.45) is 1.71. The SMILES string of the molecule is O=C1CS/C(=N\N=C\c2cccc3ccccc23)N1. The number of benzene rings is 2. The van der Waals surface area contributed by atoms with E-state index in [-0.39, 0.29) is 5.91 Å². The van der Waals surface area contributed by atoms with E-state index in [9.17, 15) is 4.79 Å². The van der Waals surface area contributed by atoms with Crippen molar-refractivity contribution in [1.29, 1.82) is 0 Å². The van der Waals surface area contributed by atoms with Crippen LogP contribution in [0.15, 0.2) is 52.7 Å². The van der Waals surface area contributed by atoms with E-state index < -0.39 is 0 Å². The molecule has 19 heavy (non-hydrogen) atoms. The average molecular weight is 269 g/mol. The van der Waals surface area contributed by atoms with E-state index in [4.69, 9.17) is 0 Å². The quantitative estimate of drug-likeness (QED) is 0.672. The van der Waals surface area contributed by atoms with Gasteiger partial charge in [-0.2, -0.15) is 5.10 Å². The summed E-state index contributed by atoms with van der Waals surface area (Å²) in [5.74, 6) is 0.395. The monoisotopic (exact) mass is 269 g/mol. The molecule has 0 aromatic heterocycles. The normalized spacial score (nSPS) is 17.5. The van der Waals surface area contributed by atoms with E-state index >= 15 is 0 Å². The number of rotatable bonds is 2. The second-order valence-electron chi connectivity index (χ2n) is 4.05. The fourth-order valence-electron chi connectivity index (χ4n) is 1.89. The summed E-state index contributed by atoms with van der Waals surface area (Å²) in [6.45, 7) is 0. The first-order chi connectivity index (χ1) is 9.33. The maximum absolute atomic E-state index is 11.0. The number of carbonyl (C=O) groups is 1. The number of hydrogen-bond acceptors (Lipinski definition) is 4. The van der Waals surface area contributed by atoms with Gasteiger partial charge in [-0.3, -0.25) is 4.79 Å². The second-order valence-corrected chi connectivity index (χ2v) is 5.02. The molecule has 1 aliphatic heterocycles. The van der Waals surface area contributed by atoms with Gasteiger partial charge in [0.15, 0.2) is 5.17 Å². The predicted molar refractivity (Wildman–Crippen MR) is 79.6 cm³/mol. The van der Waals surface area contributed by atoms with Crippen molar-refractivity contribution in [2.24, 2.45) is 10.2 Å². The Hall–Kier alpha value is -2.14. The zero-order valence-corrected chi connectivity index (χ0v) is 10.9. The van der Waals surface area contributed by atoms with Crippen LogP contribution in [-0.4, -0.2) is 23.0 Å². The van der Waals surface area contributed by atoms with Crippen molar-refractivity contribution in [3.63, 3.8) is 0 Å². The molecule has 4 nitrogen and oxygen atoms in total. The minimum Gasteiger partial charge on any atom is -0.303 e. The van der Waals surface area contributed by atoms with E-state index in [0.717, 1.165) is 10.9 Å². The third-order valence-corrected chi connectivity index (χ3v) is 3.62. The lowest BCUT2D eigenvalue weighted by Crippen LogP contribution is -2.19. The van der Waals surface area contributed by atoms with Crippen LogP contribution in [-0.2, 0) is 4.79 Å². The lowest BCUT2D eigenvalue weighted by molar-refractivity contribution is -0.116. The van der Waals surface area contributed by atoms with E-state index in [2.05, 4.69) is 33.7 Å².